The van der Waals surface area contributed by atoms with E-state index < -0.39 is 31.6 Å². The van der Waals surface area contributed by atoms with E-state index >= 15 is 0 Å². The quantitative estimate of drug-likeness (QED) is 0.323. The summed E-state index contributed by atoms with van der Waals surface area (Å²) < 4.78 is 52.5. The second kappa shape index (κ2) is 11.3. The van der Waals surface area contributed by atoms with Crippen molar-refractivity contribution in [2.75, 3.05) is 7.11 Å². The molecule has 1 amide bonds. The maximum absolute atomic E-state index is 12.0. The van der Waals surface area contributed by atoms with Gasteiger partial charge in [-0.05, 0) is 60.1 Å². The van der Waals surface area contributed by atoms with Gasteiger partial charge in [0.25, 0.3) is 5.91 Å². The minimum absolute atomic E-state index is 0.145. The topological polar surface area (TPSA) is 176 Å². The van der Waals surface area contributed by atoms with Crippen LogP contribution < -0.4 is 11.5 Å². The molecule has 2 aliphatic heterocycles. The molecule has 2 aromatic rings. The molecule has 0 aliphatic carbocycles. The van der Waals surface area contributed by atoms with Gasteiger partial charge in [0.2, 0.25) is 0 Å². The number of allylic oxidation sites excluding steroid dienone is 2. The summed E-state index contributed by atoms with van der Waals surface area (Å²) in [6.45, 7) is 3.79. The number of methoxy groups -OCH3 is 1. The third-order valence-corrected chi connectivity index (χ3v) is 9.13. The van der Waals surface area contributed by atoms with Gasteiger partial charge < -0.3 is 16.2 Å². The van der Waals surface area contributed by atoms with Crippen LogP contribution in [0.25, 0.3) is 0 Å². The number of aliphatic imine (C=N–C) groups is 1. The molecule has 0 fully saturated rings. The smallest absolute Gasteiger partial charge is 0.338 e. The Bertz CT molecular complexity index is 1600. The number of carbonyl (C=O) groups is 2. The van der Waals surface area contributed by atoms with E-state index in [4.69, 9.17) is 11.5 Å². The fourth-order valence-electron chi connectivity index (χ4n) is 4.21. The van der Waals surface area contributed by atoms with Gasteiger partial charge in [0, 0.05) is 16.4 Å². The fraction of sp³-hybridized carbons (Fsp3) is 0.269. The average molecular weight is 560 g/mol. The van der Waals surface area contributed by atoms with Crippen LogP contribution in [0, 0.1) is 0 Å². The number of hydrogen-bond donors (Lipinski definition) is 2. The zero-order valence-electron chi connectivity index (χ0n) is 21.2. The second-order valence-electron chi connectivity index (χ2n) is 8.52. The van der Waals surface area contributed by atoms with Crippen molar-refractivity contribution in [1.82, 2.24) is 0 Å². The molecular weight excluding hydrogens is 530 g/mol. The Labute approximate surface area is 221 Å². The molecule has 0 unspecified atom stereocenters. The van der Waals surface area contributed by atoms with Crippen molar-refractivity contribution in [2.24, 2.45) is 16.5 Å². The molecule has 0 saturated carbocycles. The Morgan fingerprint density at radius 3 is 1.68 bits per heavy atom. The van der Waals surface area contributed by atoms with E-state index in [1.807, 2.05) is 13.8 Å². The van der Waals surface area contributed by atoms with Gasteiger partial charge in [0.1, 0.15) is 0 Å². The lowest BCUT2D eigenvalue weighted by molar-refractivity contribution is 0.0599. The standard InChI is InChI=1S/C13H15N3O3S.C13H14O4S/c1-2-8-6-9-4-3-5-20(18,19)11(9)7-10(8)12(17)16-13(14)15;1-3-9-7-10-5-4-6-18(15,16)12(10)8-11(9)13(14)17-2/h3,5-7H,2,4H2,1H3,(H4,14,15,16,17);4,6-8H,3,5H2,1-2H3. The number of esters is 1. The molecule has 2 heterocycles. The fourth-order valence-corrected chi connectivity index (χ4v) is 6.78. The van der Waals surface area contributed by atoms with Gasteiger partial charge in [0.05, 0.1) is 22.5 Å². The molecule has 2 aliphatic rings. The van der Waals surface area contributed by atoms with Gasteiger partial charge in [-0.2, -0.15) is 4.99 Å². The maximum atomic E-state index is 12.0. The largest absolute Gasteiger partial charge is 0.465 e. The van der Waals surface area contributed by atoms with E-state index in [0.29, 0.717) is 36.8 Å². The van der Waals surface area contributed by atoms with Crippen LogP contribution in [0.15, 0.2) is 62.0 Å². The van der Waals surface area contributed by atoms with E-state index in [-0.39, 0.29) is 21.3 Å². The number of carbonyl (C=O) groups excluding carboxylic acids is 2. The lowest BCUT2D eigenvalue weighted by atomic mass is 9.99. The zero-order valence-corrected chi connectivity index (χ0v) is 22.9. The Morgan fingerprint density at radius 2 is 1.26 bits per heavy atom. The highest BCUT2D eigenvalue weighted by Gasteiger charge is 2.24. The van der Waals surface area contributed by atoms with Crippen LogP contribution in [-0.2, 0) is 50.1 Å². The van der Waals surface area contributed by atoms with Crippen LogP contribution in [0.4, 0.5) is 0 Å². The Balaban J connectivity index is 0.000000212. The number of hydrogen-bond acceptors (Lipinski definition) is 7. The first kappa shape index (κ1) is 28.8. The first-order chi connectivity index (χ1) is 17.8. The number of sulfone groups is 2. The van der Waals surface area contributed by atoms with Gasteiger partial charge in [-0.25, -0.2) is 21.6 Å². The lowest BCUT2D eigenvalue weighted by Gasteiger charge is -2.15. The summed E-state index contributed by atoms with van der Waals surface area (Å²) in [6.07, 6.45) is 5.55. The van der Waals surface area contributed by atoms with E-state index in [0.717, 1.165) is 22.1 Å². The molecule has 202 valence electrons. The summed E-state index contributed by atoms with van der Waals surface area (Å²) in [6, 6.07) is 6.30. The highest BCUT2D eigenvalue weighted by molar-refractivity contribution is 7.94. The van der Waals surface area contributed by atoms with E-state index in [1.165, 1.54) is 24.7 Å². The molecule has 0 saturated heterocycles. The second-order valence-corrected chi connectivity index (χ2v) is 12.1. The van der Waals surface area contributed by atoms with E-state index in [9.17, 15) is 26.4 Å². The van der Waals surface area contributed by atoms with Crippen LogP contribution in [0.2, 0.25) is 0 Å². The number of nitrogens with zero attached hydrogens (tertiary/aromatic N) is 1. The summed E-state index contributed by atoms with van der Waals surface area (Å²) in [7, 11) is -5.63. The minimum Gasteiger partial charge on any atom is -0.465 e. The van der Waals surface area contributed by atoms with Gasteiger partial charge in [-0.3, -0.25) is 4.79 Å². The zero-order chi connectivity index (χ0) is 28.3. The maximum Gasteiger partial charge on any atom is 0.338 e. The normalized spacial score (nSPS) is 15.8. The highest BCUT2D eigenvalue weighted by Crippen LogP contribution is 2.29. The Morgan fingerprint density at radius 1 is 0.816 bits per heavy atom. The van der Waals surface area contributed by atoms with Crippen LogP contribution in [0.5, 0.6) is 0 Å². The number of amides is 1. The van der Waals surface area contributed by atoms with Crippen LogP contribution in [0.1, 0.15) is 56.8 Å². The van der Waals surface area contributed by atoms with Crippen LogP contribution >= 0.6 is 0 Å². The van der Waals surface area contributed by atoms with Crippen molar-refractivity contribution >= 4 is 37.5 Å². The molecule has 0 aromatic heterocycles. The molecule has 0 spiro atoms. The molecule has 38 heavy (non-hydrogen) atoms. The van der Waals surface area contributed by atoms with Crippen molar-refractivity contribution in [3.05, 3.63) is 80.6 Å². The number of fused-ring (bicyclic) bond motifs is 2. The SMILES string of the molecule is CCc1cc2c(cc1C(=O)N=C(N)N)S(=O)(=O)C=CC2.CCc1cc2c(cc1C(=O)OC)S(=O)(=O)C=CC2. The molecule has 12 heteroatoms. The number of ether oxygens (including phenoxy) is 1. The number of nitrogens with two attached hydrogens (primary N) is 2. The monoisotopic (exact) mass is 559 g/mol. The van der Waals surface area contributed by atoms with Crippen LogP contribution in [-0.4, -0.2) is 41.8 Å². The molecule has 4 N–H and O–H groups in total. The van der Waals surface area contributed by atoms with Crippen molar-refractivity contribution in [1.29, 1.82) is 0 Å². The first-order valence-electron chi connectivity index (χ1n) is 11.7. The number of rotatable bonds is 4. The molecule has 0 atom stereocenters. The van der Waals surface area contributed by atoms with E-state index in [2.05, 4.69) is 9.73 Å². The van der Waals surface area contributed by atoms with Crippen molar-refractivity contribution in [3.63, 3.8) is 0 Å². The molecular formula is C26H29N3O7S2. The number of benzene rings is 2. The Hall–Kier alpha value is -3.77. The molecule has 2 aromatic carbocycles. The van der Waals surface area contributed by atoms with Crippen molar-refractivity contribution < 1.29 is 31.2 Å². The van der Waals surface area contributed by atoms with Gasteiger partial charge in [-0.15, -0.1) is 0 Å². The molecule has 4 rings (SSSR count). The van der Waals surface area contributed by atoms with Gasteiger partial charge in [-0.1, -0.05) is 38.1 Å². The van der Waals surface area contributed by atoms with E-state index in [1.54, 1.807) is 24.3 Å². The number of guanidine groups is 1. The summed E-state index contributed by atoms with van der Waals surface area (Å²) in [4.78, 5) is 27.5. The van der Waals surface area contributed by atoms with Gasteiger partial charge >= 0.3 is 5.97 Å². The highest BCUT2D eigenvalue weighted by atomic mass is 32.2. The Kier molecular flexibility index (Phi) is 8.58. The van der Waals surface area contributed by atoms with Gasteiger partial charge in [0.15, 0.2) is 25.6 Å². The molecule has 10 nitrogen and oxygen atoms in total. The third kappa shape index (κ3) is 6.03. The minimum atomic E-state index is -3.50. The summed E-state index contributed by atoms with van der Waals surface area (Å²) in [5.74, 6) is -1.48. The number of aryl methyl sites for hydroxylation is 2. The lowest BCUT2D eigenvalue weighted by Crippen LogP contribution is -2.24. The first-order valence-corrected chi connectivity index (χ1v) is 14.8. The van der Waals surface area contributed by atoms with Crippen molar-refractivity contribution in [3.8, 4) is 0 Å². The summed E-state index contributed by atoms with van der Waals surface area (Å²) >= 11 is 0. The summed E-state index contributed by atoms with van der Waals surface area (Å²) in [5, 5.41) is 2.33. The predicted octanol–water partition coefficient (Wildman–Crippen LogP) is 2.39. The summed E-state index contributed by atoms with van der Waals surface area (Å²) in [5.41, 5.74) is 13.9. The molecule has 0 radical (unpaired) electrons. The predicted molar refractivity (Wildman–Crippen MR) is 143 cm³/mol. The average Bonchev–Trinajstić information content (AvgIpc) is 2.86. The molecule has 0 bridgehead atoms. The van der Waals surface area contributed by atoms with Crippen LogP contribution in [0.3, 0.4) is 0 Å². The van der Waals surface area contributed by atoms with Crippen molar-refractivity contribution in [2.45, 2.75) is 49.3 Å². The third-order valence-electron chi connectivity index (χ3n) is 6.04.